The number of rotatable bonds is 5. The number of nitrogens with zero attached hydrogens (tertiary/aromatic N) is 1. The predicted octanol–water partition coefficient (Wildman–Crippen LogP) is 6.95. The van der Waals surface area contributed by atoms with Crippen LogP contribution in [0.25, 0.3) is 0 Å². The SMILES string of the molecule is Cc1ccc(SCc2csc(Cc3ccc(Cl)c(Cl)c3)n2)c(C)c1. The van der Waals surface area contributed by atoms with Crippen LogP contribution >= 0.6 is 46.3 Å². The Morgan fingerprint density at radius 2 is 1.88 bits per heavy atom. The Kier molecular flexibility index (Phi) is 5.88. The van der Waals surface area contributed by atoms with Crippen LogP contribution in [-0.4, -0.2) is 4.98 Å². The first kappa shape index (κ1) is 17.8. The zero-order valence-corrected chi connectivity index (χ0v) is 16.6. The lowest BCUT2D eigenvalue weighted by Crippen LogP contribution is -1.89. The lowest BCUT2D eigenvalue weighted by molar-refractivity contribution is 1.09. The summed E-state index contributed by atoms with van der Waals surface area (Å²) in [5, 5.41) is 4.43. The number of halogens is 2. The van der Waals surface area contributed by atoms with Crippen LogP contribution in [-0.2, 0) is 12.2 Å². The molecule has 2 aromatic carbocycles. The molecule has 0 aliphatic rings. The number of hydrogen-bond donors (Lipinski definition) is 0. The Morgan fingerprint density at radius 3 is 2.62 bits per heavy atom. The molecule has 0 aliphatic heterocycles. The van der Waals surface area contributed by atoms with E-state index in [0.29, 0.717) is 10.0 Å². The number of thiazole rings is 1. The molecule has 124 valence electrons. The highest BCUT2D eigenvalue weighted by atomic mass is 35.5. The van der Waals surface area contributed by atoms with Crippen molar-refractivity contribution in [1.82, 2.24) is 4.98 Å². The van der Waals surface area contributed by atoms with Crippen molar-refractivity contribution >= 4 is 46.3 Å². The van der Waals surface area contributed by atoms with Crippen molar-refractivity contribution in [2.24, 2.45) is 0 Å². The molecule has 0 saturated heterocycles. The van der Waals surface area contributed by atoms with E-state index in [4.69, 9.17) is 28.2 Å². The van der Waals surface area contributed by atoms with Crippen LogP contribution in [0.4, 0.5) is 0 Å². The van der Waals surface area contributed by atoms with Crippen molar-refractivity contribution in [2.75, 3.05) is 0 Å². The summed E-state index contributed by atoms with van der Waals surface area (Å²) in [4.78, 5) is 6.06. The molecule has 24 heavy (non-hydrogen) atoms. The molecule has 0 aliphatic carbocycles. The fourth-order valence-corrected chi connectivity index (χ4v) is 4.59. The van der Waals surface area contributed by atoms with E-state index in [1.165, 1.54) is 16.0 Å². The highest BCUT2D eigenvalue weighted by molar-refractivity contribution is 7.98. The topological polar surface area (TPSA) is 12.9 Å². The van der Waals surface area contributed by atoms with Gasteiger partial charge >= 0.3 is 0 Å². The van der Waals surface area contributed by atoms with Crippen LogP contribution in [0.15, 0.2) is 46.7 Å². The monoisotopic (exact) mass is 393 g/mol. The van der Waals surface area contributed by atoms with E-state index in [0.717, 1.165) is 28.4 Å². The molecule has 0 fully saturated rings. The van der Waals surface area contributed by atoms with Crippen LogP contribution < -0.4 is 0 Å². The summed E-state index contributed by atoms with van der Waals surface area (Å²) in [6.07, 6.45) is 0.787. The molecule has 3 rings (SSSR count). The summed E-state index contributed by atoms with van der Waals surface area (Å²) in [5.41, 5.74) is 4.88. The second-order valence-corrected chi connectivity index (χ2v) is 8.49. The first-order valence-corrected chi connectivity index (χ1v) is 10.2. The third kappa shape index (κ3) is 4.54. The van der Waals surface area contributed by atoms with Gasteiger partial charge in [0, 0.05) is 22.4 Å². The first-order valence-electron chi connectivity index (χ1n) is 7.58. The summed E-state index contributed by atoms with van der Waals surface area (Å²) in [5.74, 6) is 0.891. The second-order valence-electron chi connectivity index (χ2n) is 5.72. The van der Waals surface area contributed by atoms with Gasteiger partial charge in [0.1, 0.15) is 0 Å². The van der Waals surface area contributed by atoms with E-state index in [9.17, 15) is 0 Å². The van der Waals surface area contributed by atoms with E-state index in [1.807, 2.05) is 30.0 Å². The van der Waals surface area contributed by atoms with Gasteiger partial charge in [0.25, 0.3) is 0 Å². The molecule has 3 aromatic rings. The molecule has 0 amide bonds. The van der Waals surface area contributed by atoms with Crippen LogP contribution in [0.5, 0.6) is 0 Å². The quantitative estimate of drug-likeness (QED) is 0.434. The minimum Gasteiger partial charge on any atom is -0.245 e. The van der Waals surface area contributed by atoms with Crippen LogP contribution in [0.1, 0.15) is 27.4 Å². The molecule has 0 bridgehead atoms. The molecule has 0 spiro atoms. The maximum absolute atomic E-state index is 6.08. The van der Waals surface area contributed by atoms with Gasteiger partial charge in [-0.25, -0.2) is 4.98 Å². The van der Waals surface area contributed by atoms with Crippen molar-refractivity contribution in [3.63, 3.8) is 0 Å². The third-order valence-electron chi connectivity index (χ3n) is 3.64. The Balaban J connectivity index is 1.63. The lowest BCUT2D eigenvalue weighted by Gasteiger charge is -2.05. The number of thioether (sulfide) groups is 1. The summed E-state index contributed by atoms with van der Waals surface area (Å²) >= 11 is 15.6. The third-order valence-corrected chi connectivity index (χ3v) is 6.49. The van der Waals surface area contributed by atoms with Gasteiger partial charge in [0.05, 0.1) is 20.7 Å². The normalized spacial score (nSPS) is 11.0. The fraction of sp³-hybridized carbons (Fsp3) is 0.211. The Morgan fingerprint density at radius 1 is 1.04 bits per heavy atom. The molecule has 5 heteroatoms. The Bertz CT molecular complexity index is 858. The van der Waals surface area contributed by atoms with Gasteiger partial charge in [0.2, 0.25) is 0 Å². The van der Waals surface area contributed by atoms with Gasteiger partial charge in [-0.1, -0.05) is 47.0 Å². The summed E-state index contributed by atoms with van der Waals surface area (Å²) in [6, 6.07) is 12.3. The molecule has 0 N–H and O–H groups in total. The zero-order chi connectivity index (χ0) is 17.1. The van der Waals surface area contributed by atoms with Crippen molar-refractivity contribution in [2.45, 2.75) is 30.9 Å². The smallest absolute Gasteiger partial charge is 0.0972 e. The predicted molar refractivity (Wildman–Crippen MR) is 107 cm³/mol. The van der Waals surface area contributed by atoms with E-state index in [-0.39, 0.29) is 0 Å². The average molecular weight is 394 g/mol. The van der Waals surface area contributed by atoms with Gasteiger partial charge in [-0.05, 0) is 43.2 Å². The van der Waals surface area contributed by atoms with Crippen molar-refractivity contribution in [3.8, 4) is 0 Å². The Hall–Kier alpha value is -1.00. The first-order chi connectivity index (χ1) is 11.5. The number of aromatic nitrogens is 1. The molecule has 1 nitrogen and oxygen atoms in total. The van der Waals surface area contributed by atoms with Crippen molar-refractivity contribution in [1.29, 1.82) is 0 Å². The maximum Gasteiger partial charge on any atom is 0.0972 e. The summed E-state index contributed by atoms with van der Waals surface area (Å²) in [7, 11) is 0. The molecule has 0 radical (unpaired) electrons. The molecule has 1 heterocycles. The highest BCUT2D eigenvalue weighted by Crippen LogP contribution is 2.28. The average Bonchev–Trinajstić information content (AvgIpc) is 2.98. The lowest BCUT2D eigenvalue weighted by atomic mass is 10.2. The van der Waals surface area contributed by atoms with Crippen LogP contribution in [0, 0.1) is 13.8 Å². The van der Waals surface area contributed by atoms with Crippen LogP contribution in [0.2, 0.25) is 10.0 Å². The largest absolute Gasteiger partial charge is 0.245 e. The zero-order valence-electron chi connectivity index (χ0n) is 13.5. The summed E-state index contributed by atoms with van der Waals surface area (Å²) in [6.45, 7) is 4.28. The minimum atomic E-state index is 0.588. The van der Waals surface area contributed by atoms with Crippen LogP contribution in [0.3, 0.4) is 0 Å². The highest BCUT2D eigenvalue weighted by Gasteiger charge is 2.07. The molecule has 0 atom stereocenters. The van der Waals surface area contributed by atoms with Gasteiger partial charge in [-0.2, -0.15) is 0 Å². The van der Waals surface area contributed by atoms with Gasteiger partial charge in [-0.15, -0.1) is 23.1 Å². The van der Waals surface area contributed by atoms with Crippen molar-refractivity contribution < 1.29 is 0 Å². The van der Waals surface area contributed by atoms with Gasteiger partial charge in [-0.3, -0.25) is 0 Å². The van der Waals surface area contributed by atoms with E-state index < -0.39 is 0 Å². The van der Waals surface area contributed by atoms with Gasteiger partial charge in [0.15, 0.2) is 0 Å². The van der Waals surface area contributed by atoms with Gasteiger partial charge < -0.3 is 0 Å². The number of benzene rings is 2. The van der Waals surface area contributed by atoms with E-state index >= 15 is 0 Å². The second kappa shape index (κ2) is 7.92. The molecule has 1 aromatic heterocycles. The number of hydrogen-bond acceptors (Lipinski definition) is 3. The minimum absolute atomic E-state index is 0.588. The molecule has 0 saturated carbocycles. The standard InChI is InChI=1S/C19H17Cl2NS2/c1-12-3-6-18(13(2)7-12)23-10-15-11-24-19(22-15)9-14-4-5-16(20)17(21)8-14/h3-8,11H,9-10H2,1-2H3. The van der Waals surface area contributed by atoms with Crippen molar-refractivity contribution in [3.05, 3.63) is 79.2 Å². The molecular formula is C19H17Cl2NS2. The number of aryl methyl sites for hydroxylation is 2. The van der Waals surface area contributed by atoms with E-state index in [2.05, 4.69) is 37.4 Å². The fourth-order valence-electron chi connectivity index (χ4n) is 2.43. The Labute approximate surface area is 161 Å². The molecule has 0 unspecified atom stereocenters. The summed E-state index contributed by atoms with van der Waals surface area (Å²) < 4.78 is 0. The van der Waals surface area contributed by atoms with E-state index in [1.54, 1.807) is 11.3 Å². The molecular weight excluding hydrogens is 377 g/mol. The maximum atomic E-state index is 6.08.